The van der Waals surface area contributed by atoms with E-state index in [-0.39, 0.29) is 33.5 Å². The van der Waals surface area contributed by atoms with Gasteiger partial charge in [0.1, 0.15) is 34.5 Å². The van der Waals surface area contributed by atoms with Crippen molar-refractivity contribution in [2.24, 2.45) is 0 Å². The Bertz CT molecular complexity index is 1610. The van der Waals surface area contributed by atoms with Crippen molar-refractivity contribution in [2.45, 2.75) is 75.5 Å². The Morgan fingerprint density at radius 3 is 2.42 bits per heavy atom. The maximum atomic E-state index is 13.8. The van der Waals surface area contributed by atoms with Crippen molar-refractivity contribution < 1.29 is 67.0 Å². The first-order valence-corrected chi connectivity index (χ1v) is 14.7. The van der Waals surface area contributed by atoms with Crippen molar-refractivity contribution >= 4 is 39.2 Å². The highest BCUT2D eigenvalue weighted by atomic mass is 79.9. The zero-order chi connectivity index (χ0) is 33.2. The first kappa shape index (κ1) is 32.8. The number of alkyl halides is 4. The molecule has 12 nitrogen and oxygen atoms in total. The van der Waals surface area contributed by atoms with Gasteiger partial charge in [-0.1, -0.05) is 12.1 Å². The molecule has 242 valence electrons. The van der Waals surface area contributed by atoms with E-state index >= 15 is 0 Å². The summed E-state index contributed by atoms with van der Waals surface area (Å²) in [6.45, 7) is 2.37. The molecule has 1 fully saturated rings. The molecule has 6 atom stereocenters. The van der Waals surface area contributed by atoms with Gasteiger partial charge >= 0.3 is 12.1 Å². The molecule has 1 saturated heterocycles. The highest BCUT2D eigenvalue weighted by molar-refractivity contribution is 9.09. The second kappa shape index (κ2) is 11.7. The summed E-state index contributed by atoms with van der Waals surface area (Å²) in [7, 11) is 0. The van der Waals surface area contributed by atoms with Crippen LogP contribution in [0.15, 0.2) is 18.2 Å². The van der Waals surface area contributed by atoms with Crippen molar-refractivity contribution in [3.05, 3.63) is 51.6 Å². The molecule has 3 aliphatic rings. The lowest BCUT2D eigenvalue weighted by atomic mass is 9.72. The molecule has 0 saturated carbocycles. The lowest BCUT2D eigenvalue weighted by molar-refractivity contribution is -0.250. The Labute approximate surface area is 261 Å². The van der Waals surface area contributed by atoms with E-state index in [1.165, 1.54) is 25.1 Å². The third kappa shape index (κ3) is 5.58. The Morgan fingerprint density at radius 1 is 1.13 bits per heavy atom. The summed E-state index contributed by atoms with van der Waals surface area (Å²) < 4.78 is 55.8. The van der Waals surface area contributed by atoms with Crippen LogP contribution in [0.2, 0.25) is 0 Å². The van der Waals surface area contributed by atoms with Gasteiger partial charge in [0.05, 0.1) is 34.9 Å². The first-order valence-electron chi connectivity index (χ1n) is 13.6. The van der Waals surface area contributed by atoms with E-state index in [2.05, 4.69) is 15.9 Å². The van der Waals surface area contributed by atoms with Crippen LogP contribution in [-0.2, 0) is 25.5 Å². The van der Waals surface area contributed by atoms with Gasteiger partial charge in [0.2, 0.25) is 5.78 Å². The topological polar surface area (TPSA) is 189 Å². The van der Waals surface area contributed by atoms with Crippen LogP contribution in [0, 0.1) is 0 Å². The fraction of sp³-hybridized carbons (Fsp3) is 0.448. The molecule has 45 heavy (non-hydrogen) atoms. The number of phenolic OH excluding ortho intramolecular Hbond substituents is 2. The molecular formula is C29H27BrF3NO11. The van der Waals surface area contributed by atoms with E-state index in [0.29, 0.717) is 0 Å². The van der Waals surface area contributed by atoms with Crippen molar-refractivity contribution in [1.29, 1.82) is 0 Å². The smallest absolute Gasteiger partial charge is 0.471 e. The zero-order valence-electron chi connectivity index (χ0n) is 23.6. The van der Waals surface area contributed by atoms with Crippen molar-refractivity contribution in [1.82, 2.24) is 5.32 Å². The largest absolute Gasteiger partial charge is 0.507 e. The van der Waals surface area contributed by atoms with Crippen LogP contribution in [0.5, 0.6) is 17.2 Å². The van der Waals surface area contributed by atoms with E-state index in [9.17, 15) is 52.8 Å². The number of nitrogens with one attached hydrogen (secondary N) is 1. The number of aromatic hydroxyl groups is 2. The number of ether oxygens (including phenoxy) is 3. The molecule has 0 aromatic heterocycles. The predicted molar refractivity (Wildman–Crippen MR) is 148 cm³/mol. The Morgan fingerprint density at radius 2 is 1.80 bits per heavy atom. The SMILES string of the molecule is CC(=O)[C@]1(O)Cc2c(O)c3c(c(O)c2[C@@H](OC2CC(NC(=O)C(F)(F)F)C(O)C(C)O2)C1)C(=O)c1c(OCBr)cccc1C3=O. The van der Waals surface area contributed by atoms with Crippen molar-refractivity contribution in [3.63, 3.8) is 0 Å². The molecular weight excluding hydrogens is 675 g/mol. The van der Waals surface area contributed by atoms with E-state index in [1.807, 2.05) is 0 Å². The minimum absolute atomic E-state index is 0.0128. The number of fused-ring (bicyclic) bond motifs is 3. The highest BCUT2D eigenvalue weighted by Gasteiger charge is 2.50. The number of halogens is 4. The van der Waals surface area contributed by atoms with Gasteiger partial charge < -0.3 is 40.0 Å². The standard InChI is InChI=1S/C29H27BrF3NO11/c1-10-22(36)14(34-27(41)29(31,32)33)6-17(44-10)45-16-8-28(42,11(2)35)7-13-19(16)26(40)21-20(24(13)38)23(37)12-4-3-5-15(43-9-30)18(12)25(21)39/h3-5,10,14,16-17,22,36,38,40,42H,6-9H2,1-2H3,(H,34,41)/t10?,14?,16-,17?,22?,28-/m0/s1. The number of phenols is 2. The van der Waals surface area contributed by atoms with E-state index in [4.69, 9.17) is 14.2 Å². The lowest BCUT2D eigenvalue weighted by Gasteiger charge is -2.42. The van der Waals surface area contributed by atoms with Gasteiger partial charge in [0.15, 0.2) is 17.9 Å². The molecule has 2 aromatic carbocycles. The first-order chi connectivity index (χ1) is 21.0. The second-order valence-electron chi connectivity index (χ2n) is 11.1. The summed E-state index contributed by atoms with van der Waals surface area (Å²) in [5.74, 6) is -6.37. The fourth-order valence-electron chi connectivity index (χ4n) is 6.03. The predicted octanol–water partition coefficient (Wildman–Crippen LogP) is 2.47. The average molecular weight is 702 g/mol. The van der Waals surface area contributed by atoms with Gasteiger partial charge in [-0.15, -0.1) is 0 Å². The summed E-state index contributed by atoms with van der Waals surface area (Å²) >= 11 is 3.09. The van der Waals surface area contributed by atoms with Crippen LogP contribution in [0.4, 0.5) is 13.2 Å². The molecule has 0 radical (unpaired) electrons. The number of aliphatic hydroxyl groups excluding tert-OH is 1. The van der Waals surface area contributed by atoms with Gasteiger partial charge in [-0.05, 0) is 35.8 Å². The van der Waals surface area contributed by atoms with Crippen LogP contribution >= 0.6 is 15.9 Å². The van der Waals surface area contributed by atoms with E-state index < -0.39 is 108 Å². The monoisotopic (exact) mass is 701 g/mol. The molecule has 0 bridgehead atoms. The quantitative estimate of drug-likeness (QED) is 0.188. The summed E-state index contributed by atoms with van der Waals surface area (Å²) in [6, 6.07) is 2.70. The number of Topliss-reactive ketones (excluding diaryl/α,β-unsaturated/α-hetero) is 1. The normalized spacial score (nSPS) is 27.7. The number of hydrogen-bond donors (Lipinski definition) is 5. The van der Waals surface area contributed by atoms with E-state index in [0.717, 1.165) is 6.92 Å². The van der Waals surface area contributed by atoms with Crippen LogP contribution in [0.3, 0.4) is 0 Å². The van der Waals surface area contributed by atoms with Crippen LogP contribution in [0.25, 0.3) is 0 Å². The summed E-state index contributed by atoms with van der Waals surface area (Å²) in [6.07, 6.45) is -12.7. The number of carbonyl (C=O) groups excluding carboxylic acids is 4. The highest BCUT2D eigenvalue weighted by Crippen LogP contribution is 2.52. The third-order valence-electron chi connectivity index (χ3n) is 8.32. The molecule has 1 heterocycles. The van der Waals surface area contributed by atoms with Crippen molar-refractivity contribution in [2.75, 3.05) is 5.52 Å². The number of hydrogen-bond acceptors (Lipinski definition) is 11. The molecule has 2 aromatic rings. The lowest BCUT2D eigenvalue weighted by Crippen LogP contribution is -2.57. The van der Waals surface area contributed by atoms with Gasteiger partial charge in [-0.2, -0.15) is 13.2 Å². The molecule has 5 rings (SSSR count). The van der Waals surface area contributed by atoms with Gasteiger partial charge in [0.25, 0.3) is 0 Å². The second-order valence-corrected chi connectivity index (χ2v) is 11.6. The van der Waals surface area contributed by atoms with Gasteiger partial charge in [-0.25, -0.2) is 0 Å². The number of aliphatic hydroxyl groups is 2. The molecule has 2 aliphatic carbocycles. The number of ketones is 3. The number of amides is 1. The summed E-state index contributed by atoms with van der Waals surface area (Å²) in [5, 5.41) is 46.3. The molecule has 5 N–H and O–H groups in total. The van der Waals surface area contributed by atoms with Gasteiger partial charge in [-0.3, -0.25) is 19.2 Å². The van der Waals surface area contributed by atoms with Crippen LogP contribution in [-0.4, -0.2) is 85.5 Å². The number of benzene rings is 2. The Hall–Kier alpha value is -3.57. The maximum absolute atomic E-state index is 13.8. The molecule has 1 aliphatic heterocycles. The number of rotatable bonds is 6. The van der Waals surface area contributed by atoms with E-state index in [1.54, 1.807) is 5.32 Å². The molecule has 4 unspecified atom stereocenters. The zero-order valence-corrected chi connectivity index (χ0v) is 25.2. The minimum atomic E-state index is -5.25. The molecule has 16 heteroatoms. The third-order valence-corrected chi connectivity index (χ3v) is 8.55. The molecule has 0 spiro atoms. The van der Waals surface area contributed by atoms with Crippen molar-refractivity contribution in [3.8, 4) is 17.2 Å². The Balaban J connectivity index is 1.60. The Kier molecular flexibility index (Phi) is 8.50. The average Bonchev–Trinajstić information content (AvgIpc) is 2.95. The minimum Gasteiger partial charge on any atom is -0.507 e. The van der Waals surface area contributed by atoms with Crippen LogP contribution in [0.1, 0.15) is 75.8 Å². The number of carbonyl (C=O) groups is 4. The summed E-state index contributed by atoms with van der Waals surface area (Å²) in [5.41, 5.74) is -4.25. The van der Waals surface area contributed by atoms with Crippen LogP contribution < -0.4 is 10.1 Å². The summed E-state index contributed by atoms with van der Waals surface area (Å²) in [4.78, 5) is 51.6. The maximum Gasteiger partial charge on any atom is 0.471 e. The van der Waals surface area contributed by atoms with Gasteiger partial charge in [0, 0.05) is 36.0 Å². The fourth-order valence-corrected chi connectivity index (χ4v) is 6.27. The molecule has 1 amide bonds.